The lowest BCUT2D eigenvalue weighted by Gasteiger charge is -2.16. The first-order valence-electron chi connectivity index (χ1n) is 6.10. The third kappa shape index (κ3) is 3.23. The second-order valence-electron chi connectivity index (χ2n) is 4.50. The van der Waals surface area contributed by atoms with E-state index in [2.05, 4.69) is 10.2 Å². The number of carboxylic acids is 1. The zero-order valence-corrected chi connectivity index (χ0v) is 11.0. The van der Waals surface area contributed by atoms with Crippen molar-refractivity contribution in [3.8, 4) is 0 Å². The third-order valence-corrected chi connectivity index (χ3v) is 2.99. The van der Waals surface area contributed by atoms with Gasteiger partial charge in [0.25, 0.3) is 0 Å². The average Bonchev–Trinajstić information content (AvgIpc) is 2.91. The summed E-state index contributed by atoms with van der Waals surface area (Å²) in [5, 5.41) is 15.6. The van der Waals surface area contributed by atoms with Crippen LogP contribution in [0.1, 0.15) is 21.5 Å². The van der Waals surface area contributed by atoms with E-state index in [1.54, 1.807) is 42.5 Å². The number of hydrogen-bond donors (Lipinski definition) is 2. The number of hydrogen-bond acceptors (Lipinski definition) is 3. The molecule has 0 aliphatic rings. The van der Waals surface area contributed by atoms with Crippen molar-refractivity contribution in [3.63, 3.8) is 0 Å². The molecule has 2 aromatic rings. The van der Waals surface area contributed by atoms with Crippen LogP contribution in [0.4, 0.5) is 0 Å². The Morgan fingerprint density at radius 2 is 2.10 bits per heavy atom. The highest BCUT2D eigenvalue weighted by atomic mass is 16.4. The van der Waals surface area contributed by atoms with Crippen LogP contribution in [0.2, 0.25) is 0 Å². The molecule has 1 aromatic carbocycles. The fourth-order valence-corrected chi connectivity index (χ4v) is 1.91. The van der Waals surface area contributed by atoms with Gasteiger partial charge < -0.3 is 10.0 Å². The molecule has 1 aromatic heterocycles. The summed E-state index contributed by atoms with van der Waals surface area (Å²) in [6.45, 7) is 0.435. The third-order valence-electron chi connectivity index (χ3n) is 2.99. The Labute approximate surface area is 116 Å². The number of rotatable bonds is 5. The van der Waals surface area contributed by atoms with Crippen LogP contribution in [-0.2, 0) is 17.8 Å². The van der Waals surface area contributed by atoms with Gasteiger partial charge in [0.15, 0.2) is 0 Å². The van der Waals surface area contributed by atoms with E-state index in [9.17, 15) is 9.59 Å². The van der Waals surface area contributed by atoms with Crippen molar-refractivity contribution in [1.82, 2.24) is 15.1 Å². The maximum atomic E-state index is 12.1. The molecule has 0 unspecified atom stereocenters. The van der Waals surface area contributed by atoms with E-state index < -0.39 is 5.97 Å². The van der Waals surface area contributed by atoms with E-state index >= 15 is 0 Å². The number of amides is 1. The summed E-state index contributed by atoms with van der Waals surface area (Å²) in [6, 6.07) is 6.53. The summed E-state index contributed by atoms with van der Waals surface area (Å²) in [6.07, 6.45) is 3.43. The van der Waals surface area contributed by atoms with E-state index in [4.69, 9.17) is 5.11 Å². The van der Waals surface area contributed by atoms with Crippen LogP contribution in [0, 0.1) is 0 Å². The molecule has 2 rings (SSSR count). The number of aromatic nitrogens is 2. The fraction of sp³-hybridized carbons (Fsp3) is 0.214. The van der Waals surface area contributed by atoms with Gasteiger partial charge in [-0.25, -0.2) is 4.79 Å². The number of likely N-dealkylation sites (N-methyl/N-ethyl adjacent to an activating group) is 1. The van der Waals surface area contributed by atoms with Crippen LogP contribution in [0.15, 0.2) is 36.7 Å². The average molecular weight is 273 g/mol. The number of nitrogens with one attached hydrogen (secondary N) is 1. The molecule has 0 saturated heterocycles. The minimum absolute atomic E-state index is 0.0663. The Balaban J connectivity index is 2.06. The van der Waals surface area contributed by atoms with Crippen molar-refractivity contribution in [2.45, 2.75) is 13.0 Å². The maximum Gasteiger partial charge on any atom is 0.335 e. The van der Waals surface area contributed by atoms with E-state index in [-0.39, 0.29) is 17.9 Å². The molecule has 0 aliphatic carbocycles. The summed E-state index contributed by atoms with van der Waals surface area (Å²) in [4.78, 5) is 24.8. The van der Waals surface area contributed by atoms with Gasteiger partial charge in [0.1, 0.15) is 0 Å². The molecule has 20 heavy (non-hydrogen) atoms. The molecule has 0 spiro atoms. The van der Waals surface area contributed by atoms with Crippen molar-refractivity contribution >= 4 is 11.9 Å². The van der Waals surface area contributed by atoms with E-state index in [1.807, 2.05) is 0 Å². The second kappa shape index (κ2) is 6.01. The Hall–Kier alpha value is -2.63. The fourth-order valence-electron chi connectivity index (χ4n) is 1.91. The lowest BCUT2D eigenvalue weighted by molar-refractivity contribution is -0.129. The van der Waals surface area contributed by atoms with Crippen molar-refractivity contribution < 1.29 is 14.7 Å². The molecule has 6 heteroatoms. The lowest BCUT2D eigenvalue weighted by atomic mass is 10.0. The van der Waals surface area contributed by atoms with Crippen LogP contribution < -0.4 is 0 Å². The minimum atomic E-state index is -1.02. The monoisotopic (exact) mass is 273 g/mol. The topological polar surface area (TPSA) is 86.3 Å². The first-order valence-corrected chi connectivity index (χ1v) is 6.10. The molecular formula is C14H15N3O3. The Morgan fingerprint density at radius 1 is 1.35 bits per heavy atom. The van der Waals surface area contributed by atoms with Crippen molar-refractivity contribution in [3.05, 3.63) is 53.3 Å². The number of aromatic amines is 1. The van der Waals surface area contributed by atoms with Gasteiger partial charge in [-0.1, -0.05) is 18.2 Å². The minimum Gasteiger partial charge on any atom is -0.478 e. The smallest absolute Gasteiger partial charge is 0.335 e. The zero-order valence-electron chi connectivity index (χ0n) is 11.0. The Kier molecular flexibility index (Phi) is 4.14. The highest BCUT2D eigenvalue weighted by Gasteiger charge is 2.15. The molecule has 0 bridgehead atoms. The normalized spacial score (nSPS) is 10.2. The first kappa shape index (κ1) is 13.8. The number of carbonyl (C=O) groups is 2. The molecule has 0 aliphatic heterocycles. The molecule has 1 amide bonds. The Morgan fingerprint density at radius 3 is 2.75 bits per heavy atom. The number of benzene rings is 1. The molecular weight excluding hydrogens is 258 g/mol. The predicted molar refractivity (Wildman–Crippen MR) is 72.2 cm³/mol. The van der Waals surface area contributed by atoms with Crippen LogP contribution in [0.25, 0.3) is 0 Å². The molecule has 6 nitrogen and oxygen atoms in total. The highest BCUT2D eigenvalue weighted by Crippen LogP contribution is 2.11. The van der Waals surface area contributed by atoms with Crippen LogP contribution in [0.3, 0.4) is 0 Å². The zero-order chi connectivity index (χ0) is 14.5. The standard InChI is InChI=1S/C14H15N3O3/c1-17(9-10-7-15-16-8-10)13(18)6-11-4-2-3-5-12(11)14(19)20/h2-5,7-8H,6,9H2,1H3,(H,15,16)(H,19,20). The van der Waals surface area contributed by atoms with Crippen LogP contribution in [0.5, 0.6) is 0 Å². The quantitative estimate of drug-likeness (QED) is 0.860. The van der Waals surface area contributed by atoms with Gasteiger partial charge >= 0.3 is 5.97 Å². The molecule has 2 N–H and O–H groups in total. The van der Waals surface area contributed by atoms with Gasteiger partial charge in [0.2, 0.25) is 5.91 Å². The SMILES string of the molecule is CN(Cc1cn[nH]c1)C(=O)Cc1ccccc1C(=O)O. The number of carboxylic acid groups (broad SMARTS) is 1. The molecule has 0 saturated carbocycles. The van der Waals surface area contributed by atoms with Gasteiger partial charge in [0.05, 0.1) is 18.2 Å². The number of H-pyrrole nitrogens is 1. The summed E-state index contributed by atoms with van der Waals surface area (Å²) < 4.78 is 0. The van der Waals surface area contributed by atoms with Gasteiger partial charge in [-0.15, -0.1) is 0 Å². The summed E-state index contributed by atoms with van der Waals surface area (Å²) >= 11 is 0. The van der Waals surface area contributed by atoms with E-state index in [1.165, 1.54) is 6.07 Å². The van der Waals surface area contributed by atoms with E-state index in [0.29, 0.717) is 12.1 Å². The van der Waals surface area contributed by atoms with Crippen molar-refractivity contribution in [2.24, 2.45) is 0 Å². The lowest BCUT2D eigenvalue weighted by Crippen LogP contribution is -2.28. The predicted octanol–water partition coefficient (Wildman–Crippen LogP) is 1.31. The largest absolute Gasteiger partial charge is 0.478 e. The van der Waals surface area contributed by atoms with Crippen molar-refractivity contribution in [2.75, 3.05) is 7.05 Å². The van der Waals surface area contributed by atoms with Crippen LogP contribution >= 0.6 is 0 Å². The van der Waals surface area contributed by atoms with Gasteiger partial charge in [-0.3, -0.25) is 9.89 Å². The second-order valence-corrected chi connectivity index (χ2v) is 4.50. The number of carbonyl (C=O) groups excluding carboxylic acids is 1. The Bertz CT molecular complexity index is 608. The number of aromatic carboxylic acids is 1. The van der Waals surface area contributed by atoms with Gasteiger partial charge in [-0.2, -0.15) is 5.10 Å². The van der Waals surface area contributed by atoms with Gasteiger partial charge in [0, 0.05) is 25.4 Å². The molecule has 1 heterocycles. The number of nitrogens with zero attached hydrogens (tertiary/aromatic N) is 2. The first-order chi connectivity index (χ1) is 9.58. The molecule has 0 fully saturated rings. The van der Waals surface area contributed by atoms with Crippen LogP contribution in [-0.4, -0.2) is 39.1 Å². The highest BCUT2D eigenvalue weighted by molar-refractivity contribution is 5.91. The van der Waals surface area contributed by atoms with Gasteiger partial charge in [-0.05, 0) is 11.6 Å². The van der Waals surface area contributed by atoms with E-state index in [0.717, 1.165) is 5.56 Å². The summed E-state index contributed by atoms with van der Waals surface area (Å²) in [5.41, 5.74) is 1.58. The molecule has 0 radical (unpaired) electrons. The summed E-state index contributed by atoms with van der Waals surface area (Å²) in [7, 11) is 1.68. The van der Waals surface area contributed by atoms with Crippen molar-refractivity contribution in [1.29, 1.82) is 0 Å². The summed E-state index contributed by atoms with van der Waals surface area (Å²) in [5.74, 6) is -1.16. The molecule has 104 valence electrons. The maximum absolute atomic E-state index is 12.1. The molecule has 0 atom stereocenters.